The minimum Gasteiger partial charge on any atom is -0.390 e. The zero-order valence-electron chi connectivity index (χ0n) is 12.3. The Labute approximate surface area is 120 Å². The second kappa shape index (κ2) is 5.94. The zero-order valence-corrected chi connectivity index (χ0v) is 13.1. The highest BCUT2D eigenvalue weighted by atomic mass is 32.1. The van der Waals surface area contributed by atoms with Crippen molar-refractivity contribution in [1.82, 2.24) is 0 Å². The summed E-state index contributed by atoms with van der Waals surface area (Å²) < 4.78 is 6.03. The summed E-state index contributed by atoms with van der Waals surface area (Å²) in [6, 6.07) is 4.14. The summed E-state index contributed by atoms with van der Waals surface area (Å²) >= 11 is 1.72. The van der Waals surface area contributed by atoms with Crippen molar-refractivity contribution < 1.29 is 9.84 Å². The molecular weight excluding hydrogens is 256 g/mol. The first kappa shape index (κ1) is 15.0. The monoisotopic (exact) mass is 282 g/mol. The molecule has 0 saturated heterocycles. The summed E-state index contributed by atoms with van der Waals surface area (Å²) in [5.41, 5.74) is 0.0670. The lowest BCUT2D eigenvalue weighted by molar-refractivity contribution is -0.150. The van der Waals surface area contributed by atoms with Crippen LogP contribution in [0.3, 0.4) is 0 Å². The molecule has 1 aliphatic carbocycles. The number of aliphatic hydroxyl groups is 1. The Morgan fingerprint density at radius 3 is 2.53 bits per heavy atom. The Hall–Kier alpha value is -0.380. The molecule has 1 saturated carbocycles. The third kappa shape index (κ3) is 3.59. The topological polar surface area (TPSA) is 29.5 Å². The number of hydrogen-bond donors (Lipinski definition) is 1. The van der Waals surface area contributed by atoms with E-state index in [1.54, 1.807) is 11.3 Å². The number of thiophene rings is 1. The molecule has 0 spiro atoms. The smallest absolute Gasteiger partial charge is 0.0943 e. The Balaban J connectivity index is 2.06. The van der Waals surface area contributed by atoms with E-state index in [0.29, 0.717) is 12.0 Å². The van der Waals surface area contributed by atoms with Gasteiger partial charge in [0.15, 0.2) is 0 Å². The van der Waals surface area contributed by atoms with Crippen molar-refractivity contribution in [1.29, 1.82) is 0 Å². The van der Waals surface area contributed by atoms with E-state index in [-0.39, 0.29) is 11.7 Å². The van der Waals surface area contributed by atoms with Crippen molar-refractivity contribution in [2.24, 2.45) is 5.41 Å². The summed E-state index contributed by atoms with van der Waals surface area (Å²) in [4.78, 5) is 1.25. The second-order valence-electron chi connectivity index (χ2n) is 6.46. The Bertz CT molecular complexity index is 373. The molecule has 3 heteroatoms. The summed E-state index contributed by atoms with van der Waals surface area (Å²) in [6.45, 7) is 7.34. The van der Waals surface area contributed by atoms with Crippen LogP contribution in [0, 0.1) is 5.41 Å². The van der Waals surface area contributed by atoms with E-state index < -0.39 is 0 Å². The highest BCUT2D eigenvalue weighted by Gasteiger charge is 2.44. The molecule has 1 aliphatic rings. The van der Waals surface area contributed by atoms with Gasteiger partial charge in [-0.2, -0.15) is 0 Å². The minimum absolute atomic E-state index is 0.325. The van der Waals surface area contributed by atoms with Gasteiger partial charge in [-0.25, -0.2) is 0 Å². The minimum atomic E-state index is -0.387. The second-order valence-corrected chi connectivity index (χ2v) is 7.49. The van der Waals surface area contributed by atoms with Gasteiger partial charge in [0.2, 0.25) is 0 Å². The maximum Gasteiger partial charge on any atom is 0.0943 e. The van der Waals surface area contributed by atoms with Crippen molar-refractivity contribution in [2.75, 3.05) is 6.61 Å². The van der Waals surface area contributed by atoms with E-state index in [1.165, 1.54) is 4.88 Å². The first-order valence-electron chi connectivity index (χ1n) is 7.32. The molecular formula is C16H26O2S. The molecule has 108 valence electrons. The SMILES string of the molecule is CCOC1(C(O)Cc2cccs2)CCC(C)(C)CC1. The number of aliphatic hydroxyl groups excluding tert-OH is 1. The molecule has 1 aromatic heterocycles. The Morgan fingerprint density at radius 1 is 1.32 bits per heavy atom. The molecule has 19 heavy (non-hydrogen) atoms. The third-order valence-electron chi connectivity index (χ3n) is 4.46. The summed E-state index contributed by atoms with van der Waals surface area (Å²) in [7, 11) is 0. The van der Waals surface area contributed by atoms with Crippen LogP contribution >= 0.6 is 11.3 Å². The van der Waals surface area contributed by atoms with Gasteiger partial charge in [-0.15, -0.1) is 11.3 Å². The third-order valence-corrected chi connectivity index (χ3v) is 5.36. The van der Waals surface area contributed by atoms with Crippen molar-refractivity contribution >= 4 is 11.3 Å². The van der Waals surface area contributed by atoms with E-state index in [9.17, 15) is 5.11 Å². The van der Waals surface area contributed by atoms with Crippen LogP contribution in [0.4, 0.5) is 0 Å². The van der Waals surface area contributed by atoms with E-state index in [0.717, 1.165) is 32.1 Å². The van der Waals surface area contributed by atoms with Gasteiger partial charge in [-0.3, -0.25) is 0 Å². The molecule has 1 aromatic rings. The molecule has 0 aromatic carbocycles. The fraction of sp³-hybridized carbons (Fsp3) is 0.750. The molecule has 1 fully saturated rings. The molecule has 2 rings (SSSR count). The summed E-state index contributed by atoms with van der Waals surface area (Å²) in [5.74, 6) is 0. The molecule has 1 atom stereocenters. The molecule has 0 amide bonds. The van der Waals surface area contributed by atoms with Crippen molar-refractivity contribution in [3.8, 4) is 0 Å². The van der Waals surface area contributed by atoms with Crippen LogP contribution < -0.4 is 0 Å². The Kier molecular flexibility index (Phi) is 4.70. The van der Waals surface area contributed by atoms with Crippen LogP contribution in [-0.4, -0.2) is 23.4 Å². The first-order valence-corrected chi connectivity index (χ1v) is 8.20. The van der Waals surface area contributed by atoms with Gasteiger partial charge >= 0.3 is 0 Å². The van der Waals surface area contributed by atoms with Crippen LogP contribution in [0.25, 0.3) is 0 Å². The number of rotatable bonds is 5. The predicted octanol–water partition coefficient (Wildman–Crippen LogP) is 4.03. The van der Waals surface area contributed by atoms with Gasteiger partial charge in [0, 0.05) is 17.9 Å². The normalized spacial score (nSPS) is 23.2. The molecule has 0 radical (unpaired) electrons. The summed E-state index contributed by atoms with van der Waals surface area (Å²) in [6.07, 6.45) is 4.55. The standard InChI is InChI=1S/C16H26O2S/c1-4-18-16(9-7-15(2,3)8-10-16)14(17)12-13-6-5-11-19-13/h5-6,11,14,17H,4,7-10,12H2,1-3H3. The van der Waals surface area contributed by atoms with Crippen molar-refractivity contribution in [2.45, 2.75) is 64.6 Å². The van der Waals surface area contributed by atoms with E-state index >= 15 is 0 Å². The average molecular weight is 282 g/mol. The van der Waals surface area contributed by atoms with Crippen LogP contribution in [0.2, 0.25) is 0 Å². The summed E-state index contributed by atoms with van der Waals surface area (Å²) in [5, 5.41) is 12.7. The van der Waals surface area contributed by atoms with Crippen LogP contribution in [0.5, 0.6) is 0 Å². The Morgan fingerprint density at radius 2 is 2.00 bits per heavy atom. The lowest BCUT2D eigenvalue weighted by Gasteiger charge is -2.45. The molecule has 2 nitrogen and oxygen atoms in total. The van der Waals surface area contributed by atoms with Gasteiger partial charge in [0.05, 0.1) is 11.7 Å². The van der Waals surface area contributed by atoms with Gasteiger partial charge in [-0.05, 0) is 49.5 Å². The van der Waals surface area contributed by atoms with Crippen molar-refractivity contribution in [3.05, 3.63) is 22.4 Å². The van der Waals surface area contributed by atoms with Gasteiger partial charge in [0.25, 0.3) is 0 Å². The molecule has 1 unspecified atom stereocenters. The highest BCUT2D eigenvalue weighted by Crippen LogP contribution is 2.44. The van der Waals surface area contributed by atoms with Gasteiger partial charge < -0.3 is 9.84 Å². The van der Waals surface area contributed by atoms with Gasteiger partial charge in [0.1, 0.15) is 0 Å². The number of hydrogen-bond acceptors (Lipinski definition) is 3. The number of ether oxygens (including phenoxy) is 1. The molecule has 1 N–H and O–H groups in total. The van der Waals surface area contributed by atoms with E-state index in [2.05, 4.69) is 25.3 Å². The van der Waals surface area contributed by atoms with Crippen LogP contribution in [-0.2, 0) is 11.2 Å². The zero-order chi connectivity index (χ0) is 13.9. The van der Waals surface area contributed by atoms with E-state index in [1.807, 2.05) is 13.0 Å². The van der Waals surface area contributed by atoms with Crippen molar-refractivity contribution in [3.63, 3.8) is 0 Å². The molecule has 0 bridgehead atoms. The quantitative estimate of drug-likeness (QED) is 0.883. The van der Waals surface area contributed by atoms with Crippen LogP contribution in [0.15, 0.2) is 17.5 Å². The first-order chi connectivity index (χ1) is 8.97. The largest absolute Gasteiger partial charge is 0.390 e. The maximum absolute atomic E-state index is 10.7. The maximum atomic E-state index is 10.7. The van der Waals surface area contributed by atoms with Gasteiger partial charge in [-0.1, -0.05) is 19.9 Å². The lowest BCUT2D eigenvalue weighted by atomic mass is 9.68. The molecule has 0 aliphatic heterocycles. The fourth-order valence-electron chi connectivity index (χ4n) is 3.02. The van der Waals surface area contributed by atoms with E-state index in [4.69, 9.17) is 4.74 Å². The lowest BCUT2D eigenvalue weighted by Crippen LogP contribution is -2.49. The van der Waals surface area contributed by atoms with Crippen LogP contribution in [0.1, 0.15) is 51.3 Å². The average Bonchev–Trinajstić information content (AvgIpc) is 2.85. The molecule has 1 heterocycles. The highest BCUT2D eigenvalue weighted by molar-refractivity contribution is 7.09. The predicted molar refractivity (Wildman–Crippen MR) is 80.6 cm³/mol. The fourth-order valence-corrected chi connectivity index (χ4v) is 3.76.